The summed E-state index contributed by atoms with van der Waals surface area (Å²) < 4.78 is 39.1. The zero-order chi connectivity index (χ0) is 36.7. The van der Waals surface area contributed by atoms with Crippen LogP contribution in [0, 0.1) is 0 Å². The van der Waals surface area contributed by atoms with Crippen LogP contribution in [-0.2, 0) is 0 Å². The van der Waals surface area contributed by atoms with Gasteiger partial charge in [-0.05, 0) is 73.6 Å². The lowest BCUT2D eigenvalue weighted by Crippen LogP contribution is -2.76. The van der Waals surface area contributed by atoms with E-state index in [1.165, 1.54) is 10.4 Å². The van der Waals surface area contributed by atoms with Gasteiger partial charge in [-0.3, -0.25) is 8.97 Å². The molecular weight excluding hydrogens is 671 g/mol. The van der Waals surface area contributed by atoms with E-state index in [9.17, 15) is 0 Å². The van der Waals surface area contributed by atoms with Crippen molar-refractivity contribution in [1.82, 2.24) is 14.0 Å². The van der Waals surface area contributed by atoms with Crippen molar-refractivity contribution in [3.8, 4) is 17.2 Å². The van der Waals surface area contributed by atoms with Crippen molar-refractivity contribution in [1.29, 1.82) is 3.70 Å². The Balaban J connectivity index is 1.32. The molecule has 244 valence electrons. The fourth-order valence-electron chi connectivity index (χ4n) is 8.39. The molecule has 7 heteroatoms. The first kappa shape index (κ1) is 27.0. The summed E-state index contributed by atoms with van der Waals surface area (Å²) in [4.78, 5) is 5.19. The van der Waals surface area contributed by atoms with Crippen LogP contribution in [0.2, 0.25) is 6.55 Å². The zero-order valence-corrected chi connectivity index (χ0v) is 31.0. The lowest BCUT2D eigenvalue weighted by Gasteiger charge is -2.40. The second-order valence-electron chi connectivity index (χ2n) is 13.5. The Kier molecular flexibility index (Phi) is 6.04. The minimum atomic E-state index is -4.00. The molecule has 1 unspecified atom stereocenters. The predicted octanol–water partition coefficient (Wildman–Crippen LogP) is 4.97. The molecule has 1 aliphatic rings. The van der Waals surface area contributed by atoms with Gasteiger partial charge in [0, 0.05) is 18.9 Å². The quantitative estimate of drug-likeness (QED) is 0.181. The molecule has 1 aliphatic heterocycles. The van der Waals surface area contributed by atoms with Gasteiger partial charge in [-0.1, -0.05) is 140 Å². The summed E-state index contributed by atoms with van der Waals surface area (Å²) in [6, 6.07) is 61.4. The second kappa shape index (κ2) is 11.4. The lowest BCUT2D eigenvalue weighted by atomic mass is 10.2. The van der Waals surface area contributed by atoms with Gasteiger partial charge < -0.3 is 4.74 Å². The molecule has 0 fully saturated rings. The lowest BCUT2D eigenvalue weighted by molar-refractivity contribution is 0.490. The van der Waals surface area contributed by atoms with E-state index in [-0.39, 0.29) is 0 Å². The zero-order valence-electron chi connectivity index (χ0n) is 31.0. The topological polar surface area (TPSA) is 31.5 Å². The molecule has 51 heavy (non-hydrogen) atoms. The number of nitrogens with zero attached hydrogens (tertiary/aromatic N) is 3. The number of aromatic nitrogens is 3. The standard InChI is InChI=1S/C44H35N3OSi3/c1-50(49)40-27-13-12-26-39(40)48-43-41(50)28-15-29-42(43)51(32-17-4-2-5-18-32,33-19-6-3-7-20-33)34-21-14-16-31(30-34)46-37-24-10-11-25-38(37)47-36-23-9-8-22-35(36)45-44(46)47/h2-30H,1,49H3/i49D3. The van der Waals surface area contributed by atoms with E-state index in [0.717, 1.165) is 54.3 Å². The first-order chi connectivity index (χ1) is 26.3. The molecule has 10 rings (SSSR count). The van der Waals surface area contributed by atoms with Crippen molar-refractivity contribution in [3.05, 3.63) is 176 Å². The van der Waals surface area contributed by atoms with Crippen LogP contribution in [0.1, 0.15) is 0 Å². The predicted molar refractivity (Wildman–Crippen MR) is 220 cm³/mol. The molecule has 0 radical (unpaired) electrons. The van der Waals surface area contributed by atoms with Gasteiger partial charge in [-0.2, -0.15) is 0 Å². The molecule has 9 aromatic rings. The highest BCUT2D eigenvalue weighted by Crippen LogP contribution is 2.31. The van der Waals surface area contributed by atoms with E-state index in [1.54, 1.807) is 0 Å². The third-order valence-electron chi connectivity index (χ3n) is 10.7. The number of para-hydroxylation sites is 6. The number of fused-ring (bicyclic) bond motifs is 7. The average Bonchev–Trinajstić information content (AvgIpc) is 3.74. The molecule has 0 saturated heterocycles. The fraction of sp³-hybridized carbons (Fsp3) is 0.0227. The number of hydrogen-bond donors (Lipinski definition) is 0. The monoisotopic (exact) mass is 708 g/mol. The Morgan fingerprint density at radius 1 is 0.608 bits per heavy atom. The van der Waals surface area contributed by atoms with E-state index >= 15 is 0 Å². The molecular formula is C44H35N3OSi3. The maximum absolute atomic E-state index is 9.16. The van der Waals surface area contributed by atoms with Gasteiger partial charge in [-0.25, -0.2) is 4.98 Å². The highest BCUT2D eigenvalue weighted by Gasteiger charge is 2.47. The van der Waals surface area contributed by atoms with Crippen molar-refractivity contribution in [2.24, 2.45) is 0 Å². The summed E-state index contributed by atoms with van der Waals surface area (Å²) in [6.45, 7) is 2.04. The molecule has 3 heterocycles. The van der Waals surface area contributed by atoms with Crippen LogP contribution in [0.15, 0.2) is 176 Å². The van der Waals surface area contributed by atoms with Gasteiger partial charge >= 0.3 is 0 Å². The van der Waals surface area contributed by atoms with Crippen LogP contribution < -0.4 is 35.9 Å². The number of ether oxygens (including phenoxy) is 1. The van der Waals surface area contributed by atoms with E-state index in [2.05, 4.69) is 148 Å². The van der Waals surface area contributed by atoms with Crippen LogP contribution in [0.4, 0.5) is 0 Å². The van der Waals surface area contributed by atoms with E-state index < -0.39 is 25.2 Å². The molecule has 4 nitrogen and oxygen atoms in total. The van der Waals surface area contributed by atoms with Crippen molar-refractivity contribution in [2.45, 2.75) is 6.55 Å². The number of benzene rings is 7. The second-order valence-corrected chi connectivity index (χ2v) is 23.6. The summed E-state index contributed by atoms with van der Waals surface area (Å²) in [7, 11) is -10.5. The van der Waals surface area contributed by atoms with Crippen molar-refractivity contribution >= 4 is 84.2 Å². The Morgan fingerprint density at radius 2 is 1.22 bits per heavy atom. The first-order valence-electron chi connectivity index (χ1n) is 18.8. The molecule has 0 aliphatic carbocycles. The van der Waals surface area contributed by atoms with Gasteiger partial charge in [0.15, 0.2) is 8.07 Å². The molecule has 0 saturated carbocycles. The van der Waals surface area contributed by atoms with Crippen molar-refractivity contribution in [2.75, 3.05) is 0 Å². The maximum atomic E-state index is 9.16. The number of hydrogen-bond acceptors (Lipinski definition) is 2. The highest BCUT2D eigenvalue weighted by atomic mass is 29.2. The van der Waals surface area contributed by atoms with Gasteiger partial charge in [0.05, 0.1) is 22.1 Å². The molecule has 2 aromatic heterocycles. The van der Waals surface area contributed by atoms with Gasteiger partial charge in [0.1, 0.15) is 19.1 Å². The maximum Gasteiger partial charge on any atom is 0.220 e. The van der Waals surface area contributed by atoms with Crippen molar-refractivity contribution in [3.63, 3.8) is 0 Å². The summed E-state index contributed by atoms with van der Waals surface area (Å²) >= 11 is 0. The Morgan fingerprint density at radius 3 is 1.98 bits per heavy atom. The summed E-state index contributed by atoms with van der Waals surface area (Å²) in [6.07, 6.45) is 0. The number of imidazole rings is 2. The minimum absolute atomic E-state index is 0.667. The van der Waals surface area contributed by atoms with E-state index in [1.807, 2.05) is 42.9 Å². The minimum Gasteiger partial charge on any atom is -0.458 e. The third kappa shape index (κ3) is 4.32. The molecule has 1 atom stereocenters. The summed E-state index contributed by atoms with van der Waals surface area (Å²) in [5, 5.41) is 6.32. The van der Waals surface area contributed by atoms with Crippen LogP contribution in [-0.4, -0.2) is 42.9 Å². The third-order valence-corrected chi connectivity index (χ3v) is 20.0. The molecule has 0 spiro atoms. The van der Waals surface area contributed by atoms with Crippen LogP contribution in [0.3, 0.4) is 0 Å². The van der Waals surface area contributed by atoms with Gasteiger partial charge in [0.25, 0.3) is 0 Å². The molecule has 0 bridgehead atoms. The molecule has 0 amide bonds. The Labute approximate surface area is 305 Å². The van der Waals surface area contributed by atoms with Crippen molar-refractivity contribution < 1.29 is 4.74 Å². The molecule has 7 aromatic carbocycles. The van der Waals surface area contributed by atoms with Crippen LogP contribution in [0.5, 0.6) is 11.5 Å². The number of rotatable bonds is 6. The normalized spacial score (nSPS) is 16.6. The summed E-state index contributed by atoms with van der Waals surface area (Å²) in [5.74, 6) is 2.23. The van der Waals surface area contributed by atoms with E-state index in [0.29, 0.717) is 11.5 Å². The fourth-order valence-corrected chi connectivity index (χ4v) is 17.0. The average molecular weight is 709 g/mol. The van der Waals surface area contributed by atoms with E-state index in [4.69, 9.17) is 13.4 Å². The van der Waals surface area contributed by atoms with Crippen LogP contribution >= 0.6 is 0 Å². The summed E-state index contributed by atoms with van der Waals surface area (Å²) in [5.41, 5.74) is 5.16. The smallest absolute Gasteiger partial charge is 0.220 e. The van der Waals surface area contributed by atoms with Gasteiger partial charge in [0.2, 0.25) is 5.78 Å². The van der Waals surface area contributed by atoms with Gasteiger partial charge in [-0.15, -0.1) is 0 Å². The Hall–Kier alpha value is -5.74. The molecule has 0 N–H and O–H groups in total. The first-order valence-corrected chi connectivity index (χ1v) is 23.3. The van der Waals surface area contributed by atoms with Crippen LogP contribution in [0.25, 0.3) is 33.5 Å². The largest absolute Gasteiger partial charge is 0.458 e. The Bertz CT molecular complexity index is 2850. The highest BCUT2D eigenvalue weighted by molar-refractivity contribution is 7.32. The SMILES string of the molecule is [2H][Si]([2H])([2H])[Si]1(C)c2ccccc2Oc2c([Si](c3ccccc3)(c3ccccc3)c3cccc(-n4c5ccccc5n5c6ccccc6nc45)c3)cccc21.